The van der Waals surface area contributed by atoms with Gasteiger partial charge in [-0.05, 0) is 61.6 Å². The Hall–Kier alpha value is -2.42. The van der Waals surface area contributed by atoms with Crippen LogP contribution in [0.4, 0.5) is 11.4 Å². The van der Waals surface area contributed by atoms with Gasteiger partial charge in [-0.3, -0.25) is 14.9 Å². The maximum absolute atomic E-state index is 13.7. The van der Waals surface area contributed by atoms with Crippen LogP contribution >= 0.6 is 23.4 Å². The summed E-state index contributed by atoms with van der Waals surface area (Å²) in [4.78, 5) is 27.2. The minimum absolute atomic E-state index is 0.0105. The van der Waals surface area contributed by atoms with Gasteiger partial charge in [0.15, 0.2) is 0 Å². The molecule has 7 nitrogen and oxygen atoms in total. The first kappa shape index (κ1) is 23.7. The van der Waals surface area contributed by atoms with Gasteiger partial charge in [0.25, 0.3) is 0 Å². The summed E-state index contributed by atoms with van der Waals surface area (Å²) in [6.45, 7) is 1.90. The van der Waals surface area contributed by atoms with Crippen molar-refractivity contribution in [1.82, 2.24) is 5.32 Å². The van der Waals surface area contributed by atoms with Crippen LogP contribution in [-0.2, 0) is 15.1 Å². The normalized spacial score (nSPS) is 23.4. The van der Waals surface area contributed by atoms with Crippen molar-refractivity contribution >= 4 is 46.6 Å². The van der Waals surface area contributed by atoms with Crippen molar-refractivity contribution in [2.24, 2.45) is 5.92 Å². The third-order valence-electron chi connectivity index (χ3n) is 6.45. The first-order chi connectivity index (χ1) is 15.8. The van der Waals surface area contributed by atoms with Crippen molar-refractivity contribution in [2.75, 3.05) is 36.9 Å². The van der Waals surface area contributed by atoms with Crippen molar-refractivity contribution < 1.29 is 19.1 Å². The number of carbonyl (C=O) groups excluding carboxylic acids is 2. The average Bonchev–Trinajstić information content (AvgIpc) is 3.32. The summed E-state index contributed by atoms with van der Waals surface area (Å²) < 4.78 is 10.7. The monoisotopic (exact) mass is 489 g/mol. The van der Waals surface area contributed by atoms with Crippen molar-refractivity contribution in [3.8, 4) is 11.5 Å². The molecule has 9 heteroatoms. The number of ether oxygens (including phenoxy) is 2. The van der Waals surface area contributed by atoms with Crippen molar-refractivity contribution in [2.45, 2.75) is 31.3 Å². The fraction of sp³-hybridized carbons (Fsp3) is 0.417. The van der Waals surface area contributed by atoms with E-state index in [4.69, 9.17) is 21.1 Å². The van der Waals surface area contributed by atoms with Crippen LogP contribution in [0.1, 0.15) is 24.0 Å². The topological polar surface area (TPSA) is 88.7 Å². The lowest BCUT2D eigenvalue weighted by Crippen LogP contribution is -2.52. The minimum Gasteiger partial charge on any atom is -0.497 e. The second-order valence-electron chi connectivity index (χ2n) is 8.37. The predicted octanol–water partition coefficient (Wildman–Crippen LogP) is 4.18. The lowest BCUT2D eigenvalue weighted by atomic mass is 9.79. The predicted molar refractivity (Wildman–Crippen MR) is 133 cm³/mol. The Morgan fingerprint density at radius 3 is 2.76 bits per heavy atom. The number of amides is 2. The Morgan fingerprint density at radius 2 is 2.06 bits per heavy atom. The smallest absolute Gasteiger partial charge is 0.250 e. The fourth-order valence-corrected chi connectivity index (χ4v) is 5.66. The van der Waals surface area contributed by atoms with Crippen molar-refractivity contribution in [3.63, 3.8) is 0 Å². The van der Waals surface area contributed by atoms with E-state index in [2.05, 4.69) is 16.0 Å². The van der Waals surface area contributed by atoms with E-state index >= 15 is 0 Å². The zero-order chi connectivity index (χ0) is 23.8. The van der Waals surface area contributed by atoms with E-state index in [0.717, 1.165) is 29.0 Å². The Labute approximate surface area is 202 Å². The van der Waals surface area contributed by atoms with Gasteiger partial charge < -0.3 is 20.1 Å². The van der Waals surface area contributed by atoms with Crippen LogP contribution < -0.4 is 25.4 Å². The average molecular weight is 490 g/mol. The van der Waals surface area contributed by atoms with Crippen LogP contribution in [0.2, 0.25) is 5.02 Å². The fourth-order valence-electron chi connectivity index (χ4n) is 4.87. The highest BCUT2D eigenvalue weighted by Crippen LogP contribution is 2.49. The molecule has 0 saturated carbocycles. The quantitative estimate of drug-likeness (QED) is 0.540. The summed E-state index contributed by atoms with van der Waals surface area (Å²) in [6.07, 6.45) is 3.42. The molecule has 4 rings (SSSR count). The molecule has 1 spiro atoms. The molecule has 3 N–H and O–H groups in total. The minimum atomic E-state index is -1.19. The molecule has 0 aromatic heterocycles. The highest BCUT2D eigenvalue weighted by Gasteiger charge is 2.60. The van der Waals surface area contributed by atoms with E-state index in [1.807, 2.05) is 19.2 Å². The van der Waals surface area contributed by atoms with Crippen LogP contribution in [-0.4, -0.2) is 44.1 Å². The Morgan fingerprint density at radius 1 is 1.27 bits per heavy atom. The van der Waals surface area contributed by atoms with Crippen LogP contribution in [0.15, 0.2) is 30.3 Å². The van der Waals surface area contributed by atoms with Gasteiger partial charge in [-0.2, -0.15) is 11.8 Å². The Balaban J connectivity index is 1.75. The molecule has 3 atom stereocenters. The zero-order valence-electron chi connectivity index (χ0n) is 19.1. The number of hydrogen-bond donors (Lipinski definition) is 3. The maximum atomic E-state index is 13.7. The molecule has 176 valence electrons. The third-order valence-corrected chi connectivity index (χ3v) is 7.31. The number of fused-ring (bicyclic) bond motifs is 2. The molecule has 1 saturated heterocycles. The highest BCUT2D eigenvalue weighted by molar-refractivity contribution is 7.98. The van der Waals surface area contributed by atoms with Gasteiger partial charge in [-0.25, -0.2) is 0 Å². The number of hydrogen-bond acceptors (Lipinski definition) is 6. The molecule has 1 fully saturated rings. The van der Waals surface area contributed by atoms with E-state index in [0.29, 0.717) is 28.6 Å². The van der Waals surface area contributed by atoms with Gasteiger partial charge in [0.1, 0.15) is 17.0 Å². The number of benzene rings is 2. The van der Waals surface area contributed by atoms with Crippen LogP contribution in [0.5, 0.6) is 11.5 Å². The van der Waals surface area contributed by atoms with E-state index in [-0.39, 0.29) is 17.9 Å². The van der Waals surface area contributed by atoms with Crippen molar-refractivity contribution in [1.29, 1.82) is 0 Å². The molecule has 0 unspecified atom stereocenters. The summed E-state index contributed by atoms with van der Waals surface area (Å²) >= 11 is 8.13. The summed E-state index contributed by atoms with van der Waals surface area (Å²) in [7, 11) is 3.10. The molecule has 33 heavy (non-hydrogen) atoms. The van der Waals surface area contributed by atoms with Gasteiger partial charge in [0.05, 0.1) is 25.8 Å². The number of thioether (sulfide) groups is 1. The number of carbonyl (C=O) groups is 2. The van der Waals surface area contributed by atoms with Gasteiger partial charge in [0.2, 0.25) is 11.8 Å². The molecule has 0 bridgehead atoms. The summed E-state index contributed by atoms with van der Waals surface area (Å²) in [5, 5.41) is 10.0. The number of methoxy groups -OCH3 is 2. The summed E-state index contributed by atoms with van der Waals surface area (Å²) in [6, 6.07) is 8.82. The lowest BCUT2D eigenvalue weighted by molar-refractivity contribution is -0.130. The molecular weight excluding hydrogens is 462 g/mol. The number of aryl methyl sites for hydroxylation is 1. The van der Waals surface area contributed by atoms with E-state index < -0.39 is 11.5 Å². The molecule has 2 heterocycles. The lowest BCUT2D eigenvalue weighted by Gasteiger charge is -2.29. The van der Waals surface area contributed by atoms with E-state index in [9.17, 15) is 9.59 Å². The second kappa shape index (κ2) is 9.44. The first-order valence-electron chi connectivity index (χ1n) is 10.8. The van der Waals surface area contributed by atoms with Gasteiger partial charge >= 0.3 is 0 Å². The molecule has 2 aromatic rings. The van der Waals surface area contributed by atoms with Crippen LogP contribution in [0.3, 0.4) is 0 Å². The molecule has 0 aliphatic carbocycles. The van der Waals surface area contributed by atoms with Crippen molar-refractivity contribution in [3.05, 3.63) is 46.5 Å². The summed E-state index contributed by atoms with van der Waals surface area (Å²) in [5.41, 5.74) is 1.61. The first-order valence-corrected chi connectivity index (χ1v) is 12.5. The number of rotatable bonds is 7. The molecule has 0 radical (unpaired) electrons. The summed E-state index contributed by atoms with van der Waals surface area (Å²) in [5.74, 6) is 0.898. The number of nitrogens with one attached hydrogen (secondary N) is 3. The molecule has 2 aromatic carbocycles. The number of halogens is 1. The van der Waals surface area contributed by atoms with Crippen LogP contribution in [0.25, 0.3) is 0 Å². The largest absolute Gasteiger partial charge is 0.497 e. The van der Waals surface area contributed by atoms with Gasteiger partial charge in [-0.15, -0.1) is 0 Å². The Bertz CT molecular complexity index is 1100. The van der Waals surface area contributed by atoms with E-state index in [1.54, 1.807) is 50.2 Å². The van der Waals surface area contributed by atoms with Gasteiger partial charge in [-0.1, -0.05) is 11.6 Å². The second-order valence-corrected chi connectivity index (χ2v) is 9.80. The Kier molecular flexibility index (Phi) is 6.79. The molecule has 2 amide bonds. The SMILES string of the molecule is COc1ccc(OC)c(NC(=O)[C@H]2C[C@H](CCSC)N[C@@]23C(=O)Nc2c(C)cc(Cl)cc23)c1. The standard InChI is InChI=1S/C24H28ClN3O4S/c1-13-9-14(25)10-17-21(13)27-23(30)24(17)18(11-15(28-24)7-8-33-4)22(29)26-19-12-16(31-2)5-6-20(19)32-3/h5-6,9-10,12,15,18,28H,7-8,11H2,1-4H3,(H,26,29)(H,27,30)/t15-,18+,24+/m0/s1. The van der Waals surface area contributed by atoms with Crippen LogP contribution in [0, 0.1) is 12.8 Å². The zero-order valence-corrected chi connectivity index (χ0v) is 20.7. The molecule has 2 aliphatic heterocycles. The maximum Gasteiger partial charge on any atom is 0.250 e. The van der Waals surface area contributed by atoms with E-state index in [1.165, 1.54) is 0 Å². The number of anilines is 2. The highest BCUT2D eigenvalue weighted by atomic mass is 35.5. The third kappa shape index (κ3) is 4.16. The molecular formula is C24H28ClN3O4S. The van der Waals surface area contributed by atoms with Gasteiger partial charge in [0, 0.05) is 28.4 Å². The molecule has 2 aliphatic rings.